The standard InChI is InChI=1S/C14H16ClNOS/c1-10(12-8-14(15)18-9-12)16-13-4-2-11(3-5-13)6-7-17/h2-5,8-10,16-17H,6-7H2,1H3. The summed E-state index contributed by atoms with van der Waals surface area (Å²) in [6.07, 6.45) is 0.704. The zero-order valence-electron chi connectivity index (χ0n) is 10.2. The molecule has 2 rings (SSSR count). The number of aliphatic hydroxyl groups excluding tert-OH is 1. The van der Waals surface area contributed by atoms with Crippen molar-refractivity contribution in [2.24, 2.45) is 0 Å². The molecule has 18 heavy (non-hydrogen) atoms. The Bertz CT molecular complexity index is 495. The van der Waals surface area contributed by atoms with Gasteiger partial charge in [-0.3, -0.25) is 0 Å². The van der Waals surface area contributed by atoms with E-state index in [2.05, 4.69) is 17.6 Å². The van der Waals surface area contributed by atoms with Crippen molar-refractivity contribution in [1.29, 1.82) is 0 Å². The van der Waals surface area contributed by atoms with Gasteiger partial charge in [0, 0.05) is 18.3 Å². The number of hydrogen-bond acceptors (Lipinski definition) is 3. The summed E-state index contributed by atoms with van der Waals surface area (Å²) in [5.74, 6) is 0. The van der Waals surface area contributed by atoms with Gasteiger partial charge in [0.25, 0.3) is 0 Å². The lowest BCUT2D eigenvalue weighted by Gasteiger charge is -2.14. The Kier molecular flexibility index (Phi) is 4.64. The molecule has 1 heterocycles. The molecule has 0 aliphatic carbocycles. The summed E-state index contributed by atoms with van der Waals surface area (Å²) in [7, 11) is 0. The van der Waals surface area contributed by atoms with Gasteiger partial charge in [-0.2, -0.15) is 0 Å². The van der Waals surface area contributed by atoms with E-state index < -0.39 is 0 Å². The quantitative estimate of drug-likeness (QED) is 0.864. The van der Waals surface area contributed by atoms with Crippen molar-refractivity contribution >= 4 is 28.6 Å². The van der Waals surface area contributed by atoms with Crippen LogP contribution in [0.15, 0.2) is 35.7 Å². The minimum Gasteiger partial charge on any atom is -0.396 e. The molecule has 2 nitrogen and oxygen atoms in total. The highest BCUT2D eigenvalue weighted by Crippen LogP contribution is 2.27. The first-order valence-corrected chi connectivity index (χ1v) is 7.15. The fourth-order valence-electron chi connectivity index (χ4n) is 1.78. The molecule has 0 fully saturated rings. The van der Waals surface area contributed by atoms with Gasteiger partial charge >= 0.3 is 0 Å². The molecule has 1 unspecified atom stereocenters. The van der Waals surface area contributed by atoms with Gasteiger partial charge in [-0.1, -0.05) is 23.7 Å². The number of nitrogens with one attached hydrogen (secondary N) is 1. The van der Waals surface area contributed by atoms with E-state index in [1.54, 1.807) is 11.3 Å². The second-order valence-electron chi connectivity index (χ2n) is 4.22. The van der Waals surface area contributed by atoms with Crippen molar-refractivity contribution in [2.45, 2.75) is 19.4 Å². The summed E-state index contributed by atoms with van der Waals surface area (Å²) in [6, 6.07) is 10.4. The van der Waals surface area contributed by atoms with E-state index in [0.29, 0.717) is 6.42 Å². The van der Waals surface area contributed by atoms with Gasteiger partial charge in [-0.25, -0.2) is 0 Å². The lowest BCUT2D eigenvalue weighted by molar-refractivity contribution is 0.299. The van der Waals surface area contributed by atoms with Crippen LogP contribution in [0.1, 0.15) is 24.1 Å². The molecule has 0 spiro atoms. The SMILES string of the molecule is CC(Nc1ccc(CCO)cc1)c1csc(Cl)c1. The molecule has 0 amide bonds. The van der Waals surface area contributed by atoms with Crippen LogP contribution in [-0.4, -0.2) is 11.7 Å². The second kappa shape index (κ2) is 6.23. The molecule has 2 aromatic rings. The molecule has 96 valence electrons. The third-order valence-corrected chi connectivity index (χ3v) is 3.93. The van der Waals surface area contributed by atoms with Gasteiger partial charge < -0.3 is 10.4 Å². The maximum Gasteiger partial charge on any atom is 0.0931 e. The maximum atomic E-state index is 8.86. The molecule has 1 aromatic carbocycles. The Morgan fingerprint density at radius 3 is 2.61 bits per heavy atom. The van der Waals surface area contributed by atoms with Crippen molar-refractivity contribution in [3.05, 3.63) is 51.2 Å². The molecule has 0 saturated carbocycles. The lowest BCUT2D eigenvalue weighted by atomic mass is 10.1. The van der Waals surface area contributed by atoms with Crippen LogP contribution in [0.2, 0.25) is 4.34 Å². The van der Waals surface area contributed by atoms with Gasteiger partial charge in [0.2, 0.25) is 0 Å². The Balaban J connectivity index is 2.00. The molecule has 0 bridgehead atoms. The van der Waals surface area contributed by atoms with Crippen LogP contribution in [-0.2, 0) is 6.42 Å². The molecule has 0 saturated heterocycles. The third kappa shape index (κ3) is 3.48. The first-order chi connectivity index (χ1) is 8.69. The van der Waals surface area contributed by atoms with E-state index in [9.17, 15) is 0 Å². The Morgan fingerprint density at radius 1 is 1.33 bits per heavy atom. The Hall–Kier alpha value is -1.03. The van der Waals surface area contributed by atoms with Crippen molar-refractivity contribution in [3.8, 4) is 0 Å². The summed E-state index contributed by atoms with van der Waals surface area (Å²) in [5.41, 5.74) is 3.42. The van der Waals surface area contributed by atoms with E-state index in [4.69, 9.17) is 16.7 Å². The topological polar surface area (TPSA) is 32.3 Å². The van der Waals surface area contributed by atoms with Crippen molar-refractivity contribution in [2.75, 3.05) is 11.9 Å². The van der Waals surface area contributed by atoms with Gasteiger partial charge in [0.05, 0.1) is 4.34 Å². The Labute approximate surface area is 116 Å². The summed E-state index contributed by atoms with van der Waals surface area (Å²) in [5, 5.41) is 14.4. The number of anilines is 1. The van der Waals surface area contributed by atoms with E-state index in [0.717, 1.165) is 15.6 Å². The van der Waals surface area contributed by atoms with Crippen LogP contribution in [0.5, 0.6) is 0 Å². The first kappa shape index (κ1) is 13.4. The van der Waals surface area contributed by atoms with Crippen LogP contribution in [0.3, 0.4) is 0 Å². The molecule has 2 N–H and O–H groups in total. The Morgan fingerprint density at radius 2 is 2.06 bits per heavy atom. The zero-order chi connectivity index (χ0) is 13.0. The number of aliphatic hydroxyl groups is 1. The van der Waals surface area contributed by atoms with Gasteiger partial charge in [-0.05, 0) is 48.1 Å². The van der Waals surface area contributed by atoms with Crippen molar-refractivity contribution in [1.82, 2.24) is 0 Å². The largest absolute Gasteiger partial charge is 0.396 e. The molecule has 0 aliphatic heterocycles. The molecule has 4 heteroatoms. The maximum absolute atomic E-state index is 8.86. The number of benzene rings is 1. The summed E-state index contributed by atoms with van der Waals surface area (Å²) in [4.78, 5) is 0. The average molecular weight is 282 g/mol. The molecule has 1 atom stereocenters. The van der Waals surface area contributed by atoms with E-state index >= 15 is 0 Å². The van der Waals surface area contributed by atoms with Crippen LogP contribution in [0.25, 0.3) is 0 Å². The van der Waals surface area contributed by atoms with Crippen molar-refractivity contribution < 1.29 is 5.11 Å². The van der Waals surface area contributed by atoms with Gasteiger partial charge in [0.1, 0.15) is 0 Å². The number of thiophene rings is 1. The predicted octanol–water partition coefficient (Wildman–Crippen LogP) is 4.11. The smallest absolute Gasteiger partial charge is 0.0931 e. The van der Waals surface area contributed by atoms with Crippen LogP contribution in [0, 0.1) is 0 Å². The van der Waals surface area contributed by atoms with Crippen LogP contribution < -0.4 is 5.32 Å². The lowest BCUT2D eigenvalue weighted by Crippen LogP contribution is -2.05. The van der Waals surface area contributed by atoms with E-state index in [-0.39, 0.29) is 12.6 Å². The number of rotatable bonds is 5. The summed E-state index contributed by atoms with van der Waals surface area (Å²) >= 11 is 7.48. The fraction of sp³-hybridized carbons (Fsp3) is 0.286. The first-order valence-electron chi connectivity index (χ1n) is 5.89. The summed E-state index contributed by atoms with van der Waals surface area (Å²) < 4.78 is 0.817. The van der Waals surface area contributed by atoms with E-state index in [1.165, 1.54) is 5.56 Å². The highest BCUT2D eigenvalue weighted by atomic mass is 35.5. The third-order valence-electron chi connectivity index (χ3n) is 2.83. The molecule has 0 radical (unpaired) electrons. The summed E-state index contributed by atoms with van der Waals surface area (Å²) in [6.45, 7) is 2.30. The monoisotopic (exact) mass is 281 g/mol. The van der Waals surface area contributed by atoms with Crippen molar-refractivity contribution in [3.63, 3.8) is 0 Å². The van der Waals surface area contributed by atoms with Crippen LogP contribution in [0.4, 0.5) is 5.69 Å². The minimum absolute atomic E-state index is 0.191. The highest BCUT2D eigenvalue weighted by molar-refractivity contribution is 7.14. The minimum atomic E-state index is 0.191. The second-order valence-corrected chi connectivity index (χ2v) is 5.76. The van der Waals surface area contributed by atoms with Gasteiger partial charge in [-0.15, -0.1) is 11.3 Å². The fourth-order valence-corrected chi connectivity index (χ4v) is 2.77. The van der Waals surface area contributed by atoms with Gasteiger partial charge in [0.15, 0.2) is 0 Å². The van der Waals surface area contributed by atoms with Crippen LogP contribution >= 0.6 is 22.9 Å². The highest BCUT2D eigenvalue weighted by Gasteiger charge is 2.07. The predicted molar refractivity (Wildman–Crippen MR) is 78.6 cm³/mol. The number of halogens is 1. The molecule has 1 aromatic heterocycles. The molecular weight excluding hydrogens is 266 g/mol. The molecular formula is C14H16ClNOS. The van der Waals surface area contributed by atoms with E-state index in [1.807, 2.05) is 30.3 Å². The zero-order valence-corrected chi connectivity index (χ0v) is 11.8. The molecule has 0 aliphatic rings. The normalized spacial score (nSPS) is 12.4. The average Bonchev–Trinajstić information content (AvgIpc) is 2.79. The number of hydrogen-bond donors (Lipinski definition) is 2.